The van der Waals surface area contributed by atoms with Crippen LogP contribution in [0.3, 0.4) is 0 Å². The average molecular weight is 746 g/mol. The Balaban J connectivity index is 1.08. The lowest BCUT2D eigenvalue weighted by molar-refractivity contribution is 1.07. The fraction of sp³-hybridized carbons (Fsp3) is 0. The lowest BCUT2D eigenvalue weighted by atomic mass is 10.1. The first kappa shape index (κ1) is 31.9. The van der Waals surface area contributed by atoms with E-state index in [1.54, 1.807) is 0 Å². The van der Waals surface area contributed by atoms with E-state index < -0.39 is 0 Å². The van der Waals surface area contributed by atoms with Crippen molar-refractivity contribution in [2.24, 2.45) is 0 Å². The second-order valence-corrected chi connectivity index (χ2v) is 15.5. The van der Waals surface area contributed by atoms with Crippen LogP contribution in [0.25, 0.3) is 109 Å². The maximum absolute atomic E-state index is 5.04. The van der Waals surface area contributed by atoms with E-state index in [0.29, 0.717) is 17.5 Å². The Morgan fingerprint density at radius 2 is 0.877 bits per heavy atom. The van der Waals surface area contributed by atoms with E-state index in [0.717, 1.165) is 28.1 Å². The standard InChI is InChI=1S/C51H31N5S/c1-4-14-32(15-5-1)49-52-50(33-16-6-2-7-17-33)54-51(53-49)34-24-28-45-40(30-34)41-31-36(25-29-46(41)57-45)55-43-23-13-11-21-39(43)47-44(55)27-26-38-37-20-10-12-22-42(37)56(48(38)47)35-18-8-3-9-19-35/h1-31H. The molecule has 5 nitrogen and oxygen atoms in total. The minimum Gasteiger partial charge on any atom is -0.309 e. The van der Waals surface area contributed by atoms with Crippen molar-refractivity contribution in [3.05, 3.63) is 188 Å². The van der Waals surface area contributed by atoms with Gasteiger partial charge >= 0.3 is 0 Å². The number of nitrogens with zero attached hydrogens (tertiary/aromatic N) is 5. The number of para-hydroxylation sites is 3. The third kappa shape index (κ3) is 4.98. The first-order valence-corrected chi connectivity index (χ1v) is 19.9. The van der Waals surface area contributed by atoms with Gasteiger partial charge in [-0.1, -0.05) is 121 Å². The van der Waals surface area contributed by atoms with Gasteiger partial charge in [-0.25, -0.2) is 15.0 Å². The summed E-state index contributed by atoms with van der Waals surface area (Å²) < 4.78 is 7.34. The summed E-state index contributed by atoms with van der Waals surface area (Å²) in [7, 11) is 0. The zero-order valence-electron chi connectivity index (χ0n) is 30.5. The number of hydrogen-bond acceptors (Lipinski definition) is 4. The Kier molecular flexibility index (Phi) is 7.03. The van der Waals surface area contributed by atoms with Crippen LogP contribution in [-0.4, -0.2) is 24.1 Å². The summed E-state index contributed by atoms with van der Waals surface area (Å²) >= 11 is 1.82. The van der Waals surface area contributed by atoms with Gasteiger partial charge < -0.3 is 9.13 Å². The summed E-state index contributed by atoms with van der Waals surface area (Å²) in [4.78, 5) is 15.0. The highest BCUT2D eigenvalue weighted by atomic mass is 32.1. The molecular weight excluding hydrogens is 715 g/mol. The number of aromatic nitrogens is 5. The molecule has 0 spiro atoms. The van der Waals surface area contributed by atoms with Gasteiger partial charge in [-0.15, -0.1) is 11.3 Å². The molecule has 0 amide bonds. The topological polar surface area (TPSA) is 48.5 Å². The van der Waals surface area contributed by atoms with Crippen LogP contribution in [0.1, 0.15) is 0 Å². The summed E-state index contributed by atoms with van der Waals surface area (Å²) in [6.07, 6.45) is 0. The molecular formula is C51H31N5S. The molecule has 8 aromatic carbocycles. The maximum Gasteiger partial charge on any atom is 0.164 e. The zero-order chi connectivity index (χ0) is 37.5. The monoisotopic (exact) mass is 745 g/mol. The third-order valence-electron chi connectivity index (χ3n) is 11.2. The van der Waals surface area contributed by atoms with Gasteiger partial charge in [0.2, 0.25) is 0 Å². The van der Waals surface area contributed by atoms with Crippen molar-refractivity contribution in [2.45, 2.75) is 0 Å². The van der Waals surface area contributed by atoms with E-state index in [-0.39, 0.29) is 0 Å². The maximum atomic E-state index is 5.04. The first-order chi connectivity index (χ1) is 28.3. The molecule has 266 valence electrons. The molecule has 0 aliphatic carbocycles. The van der Waals surface area contributed by atoms with Crippen molar-refractivity contribution in [1.82, 2.24) is 24.1 Å². The van der Waals surface area contributed by atoms with Gasteiger partial charge in [0.25, 0.3) is 0 Å². The highest BCUT2D eigenvalue weighted by Crippen LogP contribution is 2.43. The zero-order valence-corrected chi connectivity index (χ0v) is 31.4. The molecule has 0 bridgehead atoms. The summed E-state index contributed by atoms with van der Waals surface area (Å²) in [5, 5.41) is 7.38. The highest BCUT2D eigenvalue weighted by molar-refractivity contribution is 7.25. The van der Waals surface area contributed by atoms with Gasteiger partial charge in [-0.2, -0.15) is 0 Å². The third-order valence-corrected chi connectivity index (χ3v) is 12.3. The van der Waals surface area contributed by atoms with Crippen LogP contribution in [0, 0.1) is 0 Å². The van der Waals surface area contributed by atoms with Crippen molar-refractivity contribution in [2.75, 3.05) is 0 Å². The van der Waals surface area contributed by atoms with Crippen LogP contribution >= 0.6 is 11.3 Å². The molecule has 4 heterocycles. The Morgan fingerprint density at radius 1 is 0.333 bits per heavy atom. The second kappa shape index (κ2) is 12.6. The number of thiophene rings is 1. The fourth-order valence-corrected chi connectivity index (χ4v) is 9.68. The van der Waals surface area contributed by atoms with Crippen LogP contribution < -0.4 is 0 Å². The van der Waals surface area contributed by atoms with Crippen LogP contribution in [0.5, 0.6) is 0 Å². The van der Waals surface area contributed by atoms with Crippen LogP contribution in [0.2, 0.25) is 0 Å². The summed E-state index contributed by atoms with van der Waals surface area (Å²) in [6.45, 7) is 0. The van der Waals surface area contributed by atoms with E-state index in [9.17, 15) is 0 Å². The van der Waals surface area contributed by atoms with Gasteiger partial charge in [0.05, 0.1) is 22.1 Å². The molecule has 6 heteroatoms. The molecule has 57 heavy (non-hydrogen) atoms. The van der Waals surface area contributed by atoms with E-state index in [4.69, 9.17) is 15.0 Å². The van der Waals surface area contributed by atoms with Crippen LogP contribution in [0.4, 0.5) is 0 Å². The number of hydrogen-bond donors (Lipinski definition) is 0. The molecule has 0 atom stereocenters. The Labute approximate surface area is 331 Å². The minimum absolute atomic E-state index is 0.653. The predicted molar refractivity (Wildman–Crippen MR) is 238 cm³/mol. The number of benzene rings is 8. The molecule has 0 unspecified atom stereocenters. The number of fused-ring (bicyclic) bond motifs is 10. The first-order valence-electron chi connectivity index (χ1n) is 19.1. The van der Waals surface area contributed by atoms with Gasteiger partial charge in [-0.3, -0.25) is 0 Å². The molecule has 0 fully saturated rings. The van der Waals surface area contributed by atoms with Gasteiger partial charge in [-0.05, 0) is 66.7 Å². The van der Waals surface area contributed by atoms with E-state index in [1.807, 2.05) is 72.0 Å². The van der Waals surface area contributed by atoms with Gasteiger partial charge in [0.15, 0.2) is 17.5 Å². The van der Waals surface area contributed by atoms with Crippen molar-refractivity contribution in [3.63, 3.8) is 0 Å². The van der Waals surface area contributed by atoms with E-state index in [2.05, 4.69) is 137 Å². The van der Waals surface area contributed by atoms with E-state index >= 15 is 0 Å². The van der Waals surface area contributed by atoms with Crippen molar-refractivity contribution >= 4 is 75.1 Å². The predicted octanol–water partition coefficient (Wildman–Crippen LogP) is 13.4. The SMILES string of the molecule is c1ccc(-c2nc(-c3ccccc3)nc(-c3ccc4sc5ccc(-n6c7ccccc7c7c6ccc6c8ccccc8n(-c8ccccc8)c67)cc5c4c3)n2)cc1. The molecule has 0 radical (unpaired) electrons. The average Bonchev–Trinajstić information content (AvgIpc) is 3.94. The quantitative estimate of drug-likeness (QED) is 0.176. The highest BCUT2D eigenvalue weighted by Gasteiger charge is 2.21. The lowest BCUT2D eigenvalue weighted by Gasteiger charge is -2.10. The van der Waals surface area contributed by atoms with Crippen molar-refractivity contribution < 1.29 is 0 Å². The van der Waals surface area contributed by atoms with Crippen LogP contribution in [0.15, 0.2) is 188 Å². The van der Waals surface area contributed by atoms with Crippen molar-refractivity contribution in [1.29, 1.82) is 0 Å². The molecule has 0 aliphatic rings. The number of rotatable bonds is 5. The molecule has 0 N–H and O–H groups in total. The largest absolute Gasteiger partial charge is 0.309 e. The smallest absolute Gasteiger partial charge is 0.164 e. The Morgan fingerprint density at radius 3 is 1.56 bits per heavy atom. The van der Waals surface area contributed by atoms with Crippen molar-refractivity contribution in [3.8, 4) is 45.5 Å². The fourth-order valence-electron chi connectivity index (χ4n) is 8.61. The Bertz CT molecular complexity index is 3450. The van der Waals surface area contributed by atoms with Gasteiger partial charge in [0, 0.05) is 69.8 Å². The molecule has 4 aromatic heterocycles. The Hall–Kier alpha value is -7.41. The molecule has 12 aromatic rings. The van der Waals surface area contributed by atoms with E-state index in [1.165, 1.54) is 63.8 Å². The van der Waals surface area contributed by atoms with Crippen LogP contribution in [-0.2, 0) is 0 Å². The molecule has 0 aliphatic heterocycles. The summed E-state index contributed by atoms with van der Waals surface area (Å²) in [5.41, 5.74) is 9.93. The normalized spacial score (nSPS) is 11.9. The van der Waals surface area contributed by atoms with Gasteiger partial charge in [0.1, 0.15) is 0 Å². The lowest BCUT2D eigenvalue weighted by Crippen LogP contribution is -2.00. The summed E-state index contributed by atoms with van der Waals surface area (Å²) in [5.74, 6) is 1.97. The molecule has 12 rings (SSSR count). The summed E-state index contributed by atoms with van der Waals surface area (Å²) in [6, 6.07) is 66.7. The molecule has 0 saturated heterocycles. The second-order valence-electron chi connectivity index (χ2n) is 14.4. The minimum atomic E-state index is 0.653. The molecule has 0 saturated carbocycles.